The van der Waals surface area contributed by atoms with Gasteiger partial charge in [0.1, 0.15) is 22.0 Å². The molecule has 9 heteroatoms. The molecule has 0 radical (unpaired) electrons. The predicted octanol–water partition coefficient (Wildman–Crippen LogP) is 5.70. The number of H-pyrrole nitrogens is 1. The van der Waals surface area contributed by atoms with Gasteiger partial charge in [-0.15, -0.1) is 11.8 Å². The first-order chi connectivity index (χ1) is 16.0. The van der Waals surface area contributed by atoms with Gasteiger partial charge < -0.3 is 15.0 Å². The van der Waals surface area contributed by atoms with Gasteiger partial charge in [0.2, 0.25) is 5.91 Å². The van der Waals surface area contributed by atoms with Crippen LogP contribution in [0.3, 0.4) is 0 Å². The Hall–Kier alpha value is -2.87. The van der Waals surface area contributed by atoms with Crippen molar-refractivity contribution in [1.82, 2.24) is 19.7 Å². The Bertz CT molecular complexity index is 1300. The van der Waals surface area contributed by atoms with Crippen LogP contribution in [0.15, 0.2) is 66.9 Å². The average Bonchev–Trinajstić information content (AvgIpc) is 3.51. The summed E-state index contributed by atoms with van der Waals surface area (Å²) < 4.78 is 1.78. The Morgan fingerprint density at radius 1 is 1.12 bits per heavy atom. The van der Waals surface area contributed by atoms with E-state index in [1.165, 1.54) is 0 Å². The van der Waals surface area contributed by atoms with Crippen LogP contribution in [0.2, 0.25) is 10.2 Å². The van der Waals surface area contributed by atoms with Gasteiger partial charge in [-0.25, -0.2) is 4.68 Å². The quantitative estimate of drug-likeness (QED) is 0.357. The van der Waals surface area contributed by atoms with E-state index in [-0.39, 0.29) is 17.0 Å². The first-order valence-electron chi connectivity index (χ1n) is 10.4. The number of aromatic hydroxyl groups is 1. The molecule has 168 valence electrons. The first-order valence-corrected chi connectivity index (χ1v) is 12.2. The minimum atomic E-state index is -0.181. The molecule has 2 N–H and O–H groups in total. The lowest BCUT2D eigenvalue weighted by molar-refractivity contribution is -0.128. The number of hydrogen-bond acceptors (Lipinski definition) is 4. The van der Waals surface area contributed by atoms with Crippen LogP contribution in [0.5, 0.6) is 5.75 Å². The lowest BCUT2D eigenvalue weighted by Gasteiger charge is -2.24. The number of benzene rings is 2. The van der Waals surface area contributed by atoms with Gasteiger partial charge in [0, 0.05) is 23.3 Å². The molecule has 0 aliphatic carbocycles. The number of hydrogen-bond donors (Lipinski definition) is 2. The molecule has 2 aromatic carbocycles. The molecule has 2 aromatic heterocycles. The van der Waals surface area contributed by atoms with E-state index in [0.29, 0.717) is 28.9 Å². The number of phenolic OH excluding ortho intramolecular Hbond substituents is 1. The van der Waals surface area contributed by atoms with Crippen molar-refractivity contribution in [3.05, 3.63) is 88.2 Å². The van der Waals surface area contributed by atoms with E-state index in [4.69, 9.17) is 28.3 Å². The number of nitrogens with zero attached hydrogens (tertiary/aromatic N) is 3. The molecule has 0 bridgehead atoms. The van der Waals surface area contributed by atoms with Crippen molar-refractivity contribution in [2.24, 2.45) is 0 Å². The minimum absolute atomic E-state index is 0.0924. The summed E-state index contributed by atoms with van der Waals surface area (Å²) >= 11 is 13.9. The van der Waals surface area contributed by atoms with Gasteiger partial charge in [-0.2, -0.15) is 5.10 Å². The third-order valence-corrected chi connectivity index (χ3v) is 7.23. The summed E-state index contributed by atoms with van der Waals surface area (Å²) in [6.45, 7) is 0.564. The van der Waals surface area contributed by atoms with Crippen molar-refractivity contribution >= 4 is 40.9 Å². The van der Waals surface area contributed by atoms with Crippen LogP contribution in [0.25, 0.3) is 17.1 Å². The molecule has 33 heavy (non-hydrogen) atoms. The van der Waals surface area contributed by atoms with E-state index in [0.717, 1.165) is 28.2 Å². The zero-order valence-electron chi connectivity index (χ0n) is 17.4. The molecule has 1 amide bonds. The van der Waals surface area contributed by atoms with Crippen molar-refractivity contribution in [1.29, 1.82) is 0 Å². The average molecular weight is 499 g/mol. The maximum Gasteiger partial charge on any atom is 0.233 e. The number of halogens is 2. The topological polar surface area (TPSA) is 74.2 Å². The number of aromatic amines is 1. The Morgan fingerprint density at radius 3 is 2.67 bits per heavy atom. The fourth-order valence-electron chi connectivity index (χ4n) is 3.90. The highest BCUT2D eigenvalue weighted by atomic mass is 35.5. The number of carbonyl (C=O) groups excluding carboxylic acids is 1. The SMILES string of the molecule is O=C1CS[C@H](c2cn(-c3cccc(Cl)c3)nc2-c2ccc(Cl)[nH]2)N1CCc1ccc(O)cc1. The van der Waals surface area contributed by atoms with Crippen molar-refractivity contribution in [3.63, 3.8) is 0 Å². The molecule has 4 aromatic rings. The number of carbonyl (C=O) groups is 1. The van der Waals surface area contributed by atoms with E-state index in [1.54, 1.807) is 34.6 Å². The van der Waals surface area contributed by atoms with E-state index in [9.17, 15) is 9.90 Å². The van der Waals surface area contributed by atoms with Crippen molar-refractivity contribution in [3.8, 4) is 22.8 Å². The van der Waals surface area contributed by atoms with Gasteiger partial charge in [-0.3, -0.25) is 4.79 Å². The molecule has 0 spiro atoms. The molecule has 0 saturated carbocycles. The Morgan fingerprint density at radius 2 is 1.94 bits per heavy atom. The van der Waals surface area contributed by atoms with Crippen molar-refractivity contribution < 1.29 is 9.90 Å². The van der Waals surface area contributed by atoms with Crippen molar-refractivity contribution in [2.75, 3.05) is 12.3 Å². The summed E-state index contributed by atoms with van der Waals surface area (Å²) in [7, 11) is 0. The predicted molar refractivity (Wildman–Crippen MR) is 132 cm³/mol. The molecular weight excluding hydrogens is 479 g/mol. The van der Waals surface area contributed by atoms with Crippen molar-refractivity contribution in [2.45, 2.75) is 11.8 Å². The fraction of sp³-hybridized carbons (Fsp3) is 0.167. The Labute approximate surface area is 205 Å². The van der Waals surface area contributed by atoms with Crippen LogP contribution in [0, 0.1) is 0 Å². The van der Waals surface area contributed by atoms with E-state index in [1.807, 2.05) is 53.6 Å². The standard InChI is InChI=1S/C24H20Cl2N4O2S/c25-16-2-1-3-17(12-16)30-13-19(23(28-30)20-8-9-21(26)27-20)24-29(22(32)14-33-24)11-10-15-4-6-18(31)7-5-15/h1-9,12-13,24,27,31H,10-11,14H2/t24-/m1/s1. The second-order valence-corrected chi connectivity index (χ2v) is 9.66. The lowest BCUT2D eigenvalue weighted by Crippen LogP contribution is -2.30. The second-order valence-electron chi connectivity index (χ2n) is 7.74. The second kappa shape index (κ2) is 9.17. The highest BCUT2D eigenvalue weighted by Crippen LogP contribution is 2.42. The zero-order valence-corrected chi connectivity index (χ0v) is 19.7. The zero-order chi connectivity index (χ0) is 22.9. The van der Waals surface area contributed by atoms with Crippen LogP contribution in [0.4, 0.5) is 0 Å². The van der Waals surface area contributed by atoms with Gasteiger partial charge >= 0.3 is 0 Å². The number of rotatable bonds is 6. The summed E-state index contributed by atoms with van der Waals surface area (Å²) in [6.07, 6.45) is 2.65. The third kappa shape index (κ3) is 4.62. The van der Waals surface area contributed by atoms with E-state index < -0.39 is 0 Å². The van der Waals surface area contributed by atoms with Crippen LogP contribution >= 0.6 is 35.0 Å². The molecule has 1 aliphatic rings. The van der Waals surface area contributed by atoms with Crippen LogP contribution in [-0.4, -0.2) is 43.0 Å². The summed E-state index contributed by atoms with van der Waals surface area (Å²) in [5.74, 6) is 0.731. The highest BCUT2D eigenvalue weighted by Gasteiger charge is 2.35. The normalized spacial score (nSPS) is 16.0. The minimum Gasteiger partial charge on any atom is -0.508 e. The maximum atomic E-state index is 12.8. The maximum absolute atomic E-state index is 12.8. The summed E-state index contributed by atoms with van der Waals surface area (Å²) in [4.78, 5) is 17.8. The third-order valence-electron chi connectivity index (χ3n) is 5.53. The number of aromatic nitrogens is 3. The van der Waals surface area contributed by atoms with Gasteiger partial charge in [0.25, 0.3) is 0 Å². The molecule has 1 fully saturated rings. The van der Waals surface area contributed by atoms with Gasteiger partial charge in [0.15, 0.2) is 0 Å². The highest BCUT2D eigenvalue weighted by molar-refractivity contribution is 8.00. The van der Waals surface area contributed by atoms with Crippen LogP contribution in [0.1, 0.15) is 16.5 Å². The van der Waals surface area contributed by atoms with Gasteiger partial charge in [0.05, 0.1) is 17.1 Å². The molecule has 1 atom stereocenters. The number of nitrogens with one attached hydrogen (secondary N) is 1. The molecular formula is C24H20Cl2N4O2S. The monoisotopic (exact) mass is 498 g/mol. The first kappa shape index (κ1) is 21.9. The number of phenols is 1. The largest absolute Gasteiger partial charge is 0.508 e. The fourth-order valence-corrected chi connectivity index (χ4v) is 5.47. The van der Waals surface area contributed by atoms with Crippen LogP contribution < -0.4 is 0 Å². The molecule has 1 aliphatic heterocycles. The number of amides is 1. The summed E-state index contributed by atoms with van der Waals surface area (Å²) in [5, 5.41) is 15.3. The molecule has 3 heterocycles. The van der Waals surface area contributed by atoms with E-state index >= 15 is 0 Å². The number of thioether (sulfide) groups is 1. The molecule has 1 saturated heterocycles. The van der Waals surface area contributed by atoms with E-state index in [2.05, 4.69) is 4.98 Å². The lowest BCUT2D eigenvalue weighted by atomic mass is 10.1. The smallest absolute Gasteiger partial charge is 0.233 e. The molecule has 5 rings (SSSR count). The van der Waals surface area contributed by atoms with Gasteiger partial charge in [-0.1, -0.05) is 41.4 Å². The summed E-state index contributed by atoms with van der Waals surface area (Å²) in [5.41, 5.74) is 4.34. The Kier molecular flexibility index (Phi) is 6.10. The molecule has 0 unspecified atom stereocenters. The summed E-state index contributed by atoms with van der Waals surface area (Å²) in [6, 6.07) is 18.2. The van der Waals surface area contributed by atoms with Crippen LogP contribution in [-0.2, 0) is 11.2 Å². The Balaban J connectivity index is 1.50. The van der Waals surface area contributed by atoms with Gasteiger partial charge in [-0.05, 0) is 54.4 Å². The molecule has 6 nitrogen and oxygen atoms in total.